The van der Waals surface area contributed by atoms with Crippen molar-refractivity contribution < 1.29 is 14.3 Å². The number of methoxy groups -OCH3 is 2. The summed E-state index contributed by atoms with van der Waals surface area (Å²) in [5.41, 5.74) is 2.41. The molecule has 0 atom stereocenters. The van der Waals surface area contributed by atoms with Crippen LogP contribution in [0.3, 0.4) is 0 Å². The largest absolute Gasteiger partial charge is 0.496 e. The molecule has 0 saturated heterocycles. The van der Waals surface area contributed by atoms with Crippen molar-refractivity contribution >= 4 is 11.6 Å². The highest BCUT2D eigenvalue weighted by molar-refractivity contribution is 6.08. The molecule has 122 valence electrons. The minimum atomic E-state index is -0.261. The van der Waals surface area contributed by atoms with Crippen LogP contribution in [0, 0.1) is 0 Å². The van der Waals surface area contributed by atoms with Gasteiger partial charge in [-0.25, -0.2) is 0 Å². The highest BCUT2D eigenvalue weighted by Crippen LogP contribution is 2.29. The summed E-state index contributed by atoms with van der Waals surface area (Å²) < 4.78 is 10.5. The average Bonchev–Trinajstić information content (AvgIpc) is 2.53. The maximum Gasteiger partial charge on any atom is 0.263 e. The Hall–Kier alpha value is -2.49. The quantitative estimate of drug-likeness (QED) is 0.917. The van der Waals surface area contributed by atoms with E-state index in [-0.39, 0.29) is 11.3 Å². The first-order chi connectivity index (χ1) is 10.9. The van der Waals surface area contributed by atoms with Gasteiger partial charge in [-0.05, 0) is 35.2 Å². The van der Waals surface area contributed by atoms with E-state index in [4.69, 9.17) is 9.47 Å². The summed E-state index contributed by atoms with van der Waals surface area (Å²) in [4.78, 5) is 12.6. The Morgan fingerprint density at radius 2 is 1.43 bits per heavy atom. The van der Waals surface area contributed by atoms with E-state index in [0.717, 1.165) is 5.69 Å². The molecule has 0 aromatic heterocycles. The van der Waals surface area contributed by atoms with Gasteiger partial charge in [0.2, 0.25) is 0 Å². The zero-order valence-electron chi connectivity index (χ0n) is 14.3. The van der Waals surface area contributed by atoms with Gasteiger partial charge >= 0.3 is 0 Å². The van der Waals surface area contributed by atoms with E-state index in [2.05, 4.69) is 26.1 Å². The minimum absolute atomic E-state index is 0.0778. The van der Waals surface area contributed by atoms with Crippen LogP contribution < -0.4 is 14.8 Å². The molecule has 0 aliphatic carbocycles. The fourth-order valence-corrected chi connectivity index (χ4v) is 2.32. The molecular formula is C19H23NO3. The van der Waals surface area contributed by atoms with Gasteiger partial charge in [0.15, 0.2) is 0 Å². The number of anilines is 1. The van der Waals surface area contributed by atoms with Crippen LogP contribution in [0.1, 0.15) is 36.7 Å². The third-order valence-electron chi connectivity index (χ3n) is 3.66. The number of rotatable bonds is 4. The van der Waals surface area contributed by atoms with Gasteiger partial charge in [0.1, 0.15) is 17.1 Å². The molecule has 0 saturated carbocycles. The third-order valence-corrected chi connectivity index (χ3v) is 3.66. The molecule has 4 nitrogen and oxygen atoms in total. The Bertz CT molecular complexity index is 663. The highest BCUT2D eigenvalue weighted by atomic mass is 16.5. The molecule has 0 fully saturated rings. The van der Waals surface area contributed by atoms with E-state index in [1.54, 1.807) is 18.2 Å². The molecular weight excluding hydrogens is 290 g/mol. The number of hydrogen-bond acceptors (Lipinski definition) is 3. The van der Waals surface area contributed by atoms with Crippen LogP contribution in [0.5, 0.6) is 11.5 Å². The zero-order chi connectivity index (χ0) is 17.0. The summed E-state index contributed by atoms with van der Waals surface area (Å²) in [6, 6.07) is 13.1. The highest BCUT2D eigenvalue weighted by Gasteiger charge is 2.19. The fourth-order valence-electron chi connectivity index (χ4n) is 2.32. The van der Waals surface area contributed by atoms with E-state index in [1.165, 1.54) is 19.8 Å². The molecule has 23 heavy (non-hydrogen) atoms. The van der Waals surface area contributed by atoms with Crippen molar-refractivity contribution in [3.8, 4) is 11.5 Å². The molecule has 2 aromatic rings. The summed E-state index contributed by atoms with van der Waals surface area (Å²) in [6.07, 6.45) is 0. The summed E-state index contributed by atoms with van der Waals surface area (Å²) in [5.74, 6) is 0.698. The van der Waals surface area contributed by atoms with Crippen LogP contribution in [0.4, 0.5) is 5.69 Å². The Morgan fingerprint density at radius 1 is 0.913 bits per heavy atom. The summed E-state index contributed by atoms with van der Waals surface area (Å²) in [5, 5.41) is 2.89. The van der Waals surface area contributed by atoms with Crippen molar-refractivity contribution in [1.82, 2.24) is 0 Å². The smallest absolute Gasteiger partial charge is 0.263 e. The lowest BCUT2D eigenvalue weighted by atomic mass is 9.87. The van der Waals surface area contributed by atoms with Crippen LogP contribution in [0.25, 0.3) is 0 Å². The number of hydrogen-bond donors (Lipinski definition) is 1. The van der Waals surface area contributed by atoms with Crippen molar-refractivity contribution in [3.63, 3.8) is 0 Å². The first-order valence-corrected chi connectivity index (χ1v) is 7.49. The topological polar surface area (TPSA) is 47.6 Å². The first-order valence-electron chi connectivity index (χ1n) is 7.49. The number of ether oxygens (including phenoxy) is 2. The van der Waals surface area contributed by atoms with Crippen LogP contribution in [0.15, 0.2) is 42.5 Å². The van der Waals surface area contributed by atoms with Crippen LogP contribution in [0.2, 0.25) is 0 Å². The number of amides is 1. The summed E-state index contributed by atoms with van der Waals surface area (Å²) >= 11 is 0. The zero-order valence-corrected chi connectivity index (χ0v) is 14.3. The van der Waals surface area contributed by atoms with Gasteiger partial charge in [-0.2, -0.15) is 0 Å². The maximum absolute atomic E-state index is 12.6. The van der Waals surface area contributed by atoms with Crippen molar-refractivity contribution in [3.05, 3.63) is 53.6 Å². The van der Waals surface area contributed by atoms with E-state index in [0.29, 0.717) is 17.1 Å². The lowest BCUT2D eigenvalue weighted by Gasteiger charge is -2.19. The van der Waals surface area contributed by atoms with Crippen molar-refractivity contribution in [2.75, 3.05) is 19.5 Å². The second kappa shape index (κ2) is 6.73. The lowest BCUT2D eigenvalue weighted by Crippen LogP contribution is -2.15. The molecule has 0 heterocycles. The Labute approximate surface area is 137 Å². The molecule has 1 N–H and O–H groups in total. The van der Waals surface area contributed by atoms with Crippen LogP contribution >= 0.6 is 0 Å². The van der Waals surface area contributed by atoms with Gasteiger partial charge in [0, 0.05) is 5.69 Å². The second-order valence-corrected chi connectivity index (χ2v) is 6.32. The molecule has 0 radical (unpaired) electrons. The second-order valence-electron chi connectivity index (χ2n) is 6.32. The van der Waals surface area contributed by atoms with Crippen LogP contribution in [-0.4, -0.2) is 20.1 Å². The molecule has 1 amide bonds. The molecule has 0 aliphatic heterocycles. The monoisotopic (exact) mass is 313 g/mol. The van der Waals surface area contributed by atoms with Gasteiger partial charge in [-0.3, -0.25) is 4.79 Å². The maximum atomic E-state index is 12.6. The molecule has 0 unspecified atom stereocenters. The Kier molecular flexibility index (Phi) is 4.94. The molecule has 2 aromatic carbocycles. The number of carbonyl (C=O) groups is 1. The fraction of sp³-hybridized carbons (Fsp3) is 0.316. The van der Waals surface area contributed by atoms with E-state index in [9.17, 15) is 4.79 Å². The third kappa shape index (κ3) is 3.83. The predicted octanol–water partition coefficient (Wildman–Crippen LogP) is 4.25. The minimum Gasteiger partial charge on any atom is -0.496 e. The first kappa shape index (κ1) is 16.9. The summed E-state index contributed by atoms with van der Waals surface area (Å²) in [7, 11) is 3.06. The van der Waals surface area contributed by atoms with Crippen LogP contribution in [-0.2, 0) is 5.41 Å². The average molecular weight is 313 g/mol. The predicted molar refractivity (Wildman–Crippen MR) is 92.6 cm³/mol. The molecule has 2 rings (SSSR count). The van der Waals surface area contributed by atoms with E-state index < -0.39 is 0 Å². The SMILES string of the molecule is COc1cccc(OC)c1C(=O)Nc1ccc(C(C)(C)C)cc1. The van der Waals surface area contributed by atoms with E-state index >= 15 is 0 Å². The van der Waals surface area contributed by atoms with E-state index in [1.807, 2.05) is 24.3 Å². The summed E-state index contributed by atoms with van der Waals surface area (Å²) in [6.45, 7) is 6.46. The molecule has 0 bridgehead atoms. The normalized spacial score (nSPS) is 11.0. The molecule has 0 aliphatic rings. The van der Waals surface area contributed by atoms with Gasteiger partial charge < -0.3 is 14.8 Å². The number of nitrogens with one attached hydrogen (secondary N) is 1. The number of benzene rings is 2. The van der Waals surface area contributed by atoms with Gasteiger partial charge in [-0.1, -0.05) is 39.0 Å². The van der Waals surface area contributed by atoms with Crippen molar-refractivity contribution in [1.29, 1.82) is 0 Å². The number of carbonyl (C=O) groups excluding carboxylic acids is 1. The van der Waals surface area contributed by atoms with Gasteiger partial charge in [-0.15, -0.1) is 0 Å². The molecule has 4 heteroatoms. The standard InChI is InChI=1S/C19H23NO3/c1-19(2,3)13-9-11-14(12-10-13)20-18(21)17-15(22-4)7-6-8-16(17)23-5/h6-12H,1-5H3,(H,20,21). The molecule has 0 spiro atoms. The Balaban J connectivity index is 2.26. The van der Waals surface area contributed by atoms with Gasteiger partial charge in [0.05, 0.1) is 14.2 Å². The Morgan fingerprint density at radius 3 is 1.87 bits per heavy atom. The van der Waals surface area contributed by atoms with Crippen molar-refractivity contribution in [2.45, 2.75) is 26.2 Å². The van der Waals surface area contributed by atoms with Crippen molar-refractivity contribution in [2.24, 2.45) is 0 Å². The van der Waals surface area contributed by atoms with Gasteiger partial charge in [0.25, 0.3) is 5.91 Å². The lowest BCUT2D eigenvalue weighted by molar-refractivity contribution is 0.102.